The first-order valence-corrected chi connectivity index (χ1v) is 6.62. The highest BCUT2D eigenvalue weighted by atomic mass is 32.1. The third-order valence-electron chi connectivity index (χ3n) is 2.55. The van der Waals surface area contributed by atoms with Crippen LogP contribution in [0.3, 0.4) is 0 Å². The second-order valence-corrected chi connectivity index (χ2v) is 5.40. The van der Waals surface area contributed by atoms with E-state index in [9.17, 15) is 0 Å². The molecule has 0 unspecified atom stereocenters. The molecule has 2 aromatic heterocycles. The molecule has 6 heteroatoms. The maximum Gasteiger partial charge on any atom is 0.188 e. The van der Waals surface area contributed by atoms with Crippen molar-refractivity contribution in [2.24, 2.45) is 0 Å². The molecule has 0 aromatic carbocycles. The van der Waals surface area contributed by atoms with E-state index in [0.29, 0.717) is 0 Å². The van der Waals surface area contributed by atoms with Crippen molar-refractivity contribution >= 4 is 22.3 Å². The fourth-order valence-electron chi connectivity index (χ4n) is 1.50. The van der Waals surface area contributed by atoms with Gasteiger partial charge in [-0.2, -0.15) is 0 Å². The van der Waals surface area contributed by atoms with Gasteiger partial charge >= 0.3 is 0 Å². The predicted octanol–water partition coefficient (Wildman–Crippen LogP) is 2.57. The lowest BCUT2D eigenvalue weighted by molar-refractivity contribution is 0.609. The van der Waals surface area contributed by atoms with Crippen molar-refractivity contribution in [3.63, 3.8) is 0 Å². The Morgan fingerprint density at radius 2 is 2.06 bits per heavy atom. The molecule has 2 N–H and O–H groups in total. The molecule has 0 aliphatic heterocycles. The average molecular weight is 263 g/mol. The molecule has 2 heterocycles. The summed E-state index contributed by atoms with van der Waals surface area (Å²) in [7, 11) is 1.90. The van der Waals surface area contributed by atoms with Crippen LogP contribution in [0.1, 0.15) is 29.4 Å². The van der Waals surface area contributed by atoms with Gasteiger partial charge in [0.1, 0.15) is 11.6 Å². The third-order valence-corrected chi connectivity index (χ3v) is 3.38. The minimum absolute atomic E-state index is 0.128. The molecule has 0 spiro atoms. The van der Waals surface area contributed by atoms with Crippen molar-refractivity contribution in [1.29, 1.82) is 0 Å². The van der Waals surface area contributed by atoms with E-state index in [2.05, 4.69) is 25.6 Å². The summed E-state index contributed by atoms with van der Waals surface area (Å²) in [6.45, 7) is 6.03. The van der Waals surface area contributed by atoms with Crippen molar-refractivity contribution in [1.82, 2.24) is 20.3 Å². The Hall–Kier alpha value is -1.53. The molecule has 0 fully saturated rings. The Labute approximate surface area is 111 Å². The largest absolute Gasteiger partial charge is 0.316 e. The van der Waals surface area contributed by atoms with Crippen molar-refractivity contribution in [2.75, 3.05) is 12.4 Å². The third kappa shape index (κ3) is 3.02. The Balaban J connectivity index is 2.25. The van der Waals surface area contributed by atoms with Crippen LogP contribution in [-0.2, 0) is 0 Å². The lowest BCUT2D eigenvalue weighted by Gasteiger charge is -2.11. The lowest BCUT2D eigenvalue weighted by atomic mass is 10.3. The van der Waals surface area contributed by atoms with Gasteiger partial charge in [0, 0.05) is 22.8 Å². The standard InChI is InChI=1S/C12H17N5S/c1-7-5-10(16-11(15-7)9(3)13-4)17-12-14-6-8(2)18-12/h5-6,9,13H,1-4H3,(H,14,15,16,17)/t9-/m0/s1. The minimum atomic E-state index is 0.128. The van der Waals surface area contributed by atoms with E-state index in [1.807, 2.05) is 40.1 Å². The second kappa shape index (κ2) is 5.41. The van der Waals surface area contributed by atoms with Crippen molar-refractivity contribution in [3.05, 3.63) is 28.7 Å². The van der Waals surface area contributed by atoms with Crippen LogP contribution in [0, 0.1) is 13.8 Å². The highest BCUT2D eigenvalue weighted by Gasteiger charge is 2.09. The first-order valence-electron chi connectivity index (χ1n) is 5.81. The Morgan fingerprint density at radius 3 is 2.67 bits per heavy atom. The molecule has 2 rings (SSSR count). The van der Waals surface area contributed by atoms with Crippen LogP contribution in [0.4, 0.5) is 10.9 Å². The first-order chi connectivity index (χ1) is 8.58. The number of nitrogens with one attached hydrogen (secondary N) is 2. The SMILES string of the molecule is CN[C@@H](C)c1nc(C)cc(Nc2ncc(C)s2)n1. The molecule has 0 amide bonds. The van der Waals surface area contributed by atoms with Gasteiger partial charge in [0.25, 0.3) is 0 Å². The number of nitrogens with zero attached hydrogens (tertiary/aromatic N) is 3. The summed E-state index contributed by atoms with van der Waals surface area (Å²) in [6, 6.07) is 2.05. The number of hydrogen-bond acceptors (Lipinski definition) is 6. The molecule has 1 atom stereocenters. The summed E-state index contributed by atoms with van der Waals surface area (Å²) >= 11 is 1.61. The van der Waals surface area contributed by atoms with Crippen molar-refractivity contribution in [3.8, 4) is 0 Å². The average Bonchev–Trinajstić information content (AvgIpc) is 2.73. The Kier molecular flexibility index (Phi) is 3.88. The molecule has 0 saturated carbocycles. The van der Waals surface area contributed by atoms with Crippen LogP contribution < -0.4 is 10.6 Å². The van der Waals surface area contributed by atoms with Gasteiger partial charge in [0.05, 0.1) is 6.04 Å². The highest BCUT2D eigenvalue weighted by Crippen LogP contribution is 2.21. The highest BCUT2D eigenvalue weighted by molar-refractivity contribution is 7.15. The van der Waals surface area contributed by atoms with Gasteiger partial charge in [0.15, 0.2) is 5.13 Å². The fraction of sp³-hybridized carbons (Fsp3) is 0.417. The quantitative estimate of drug-likeness (QED) is 0.887. The van der Waals surface area contributed by atoms with E-state index in [1.54, 1.807) is 11.3 Å². The molecule has 0 radical (unpaired) electrons. The molecule has 0 aliphatic carbocycles. The van der Waals surface area contributed by atoms with Gasteiger partial charge in [-0.3, -0.25) is 0 Å². The van der Waals surface area contributed by atoms with Crippen LogP contribution in [0.5, 0.6) is 0 Å². The predicted molar refractivity (Wildman–Crippen MR) is 74.4 cm³/mol. The van der Waals surface area contributed by atoms with E-state index >= 15 is 0 Å². The number of rotatable bonds is 4. The number of anilines is 2. The topological polar surface area (TPSA) is 62.7 Å². The second-order valence-electron chi connectivity index (χ2n) is 4.16. The Morgan fingerprint density at radius 1 is 1.28 bits per heavy atom. The zero-order valence-corrected chi connectivity index (χ0v) is 11.8. The van der Waals surface area contributed by atoms with Crippen LogP contribution >= 0.6 is 11.3 Å². The summed E-state index contributed by atoms with van der Waals surface area (Å²) in [6.07, 6.45) is 1.85. The van der Waals surface area contributed by atoms with Crippen LogP contribution in [-0.4, -0.2) is 22.0 Å². The summed E-state index contributed by atoms with van der Waals surface area (Å²) in [5.74, 6) is 1.57. The number of aromatic nitrogens is 3. The maximum atomic E-state index is 4.49. The molecule has 0 aliphatic rings. The molecular weight excluding hydrogens is 246 g/mol. The molecular formula is C12H17N5S. The molecule has 96 valence electrons. The van der Waals surface area contributed by atoms with Gasteiger partial charge in [-0.05, 0) is 27.8 Å². The van der Waals surface area contributed by atoms with Gasteiger partial charge in [0.2, 0.25) is 0 Å². The summed E-state index contributed by atoms with van der Waals surface area (Å²) in [5.41, 5.74) is 0.942. The molecule has 0 saturated heterocycles. The van der Waals surface area contributed by atoms with E-state index < -0.39 is 0 Å². The molecule has 18 heavy (non-hydrogen) atoms. The van der Waals surface area contributed by atoms with E-state index in [1.165, 1.54) is 4.88 Å². The lowest BCUT2D eigenvalue weighted by Crippen LogP contribution is -2.16. The minimum Gasteiger partial charge on any atom is -0.316 e. The van der Waals surface area contributed by atoms with E-state index in [-0.39, 0.29) is 6.04 Å². The van der Waals surface area contributed by atoms with Gasteiger partial charge in [-0.15, -0.1) is 11.3 Å². The number of aryl methyl sites for hydroxylation is 2. The maximum absolute atomic E-state index is 4.49. The Bertz CT molecular complexity index is 537. The van der Waals surface area contributed by atoms with Crippen LogP contribution in [0.15, 0.2) is 12.3 Å². The van der Waals surface area contributed by atoms with Crippen LogP contribution in [0.25, 0.3) is 0 Å². The van der Waals surface area contributed by atoms with Crippen molar-refractivity contribution in [2.45, 2.75) is 26.8 Å². The van der Waals surface area contributed by atoms with Crippen molar-refractivity contribution < 1.29 is 0 Å². The summed E-state index contributed by atoms with van der Waals surface area (Å²) in [4.78, 5) is 14.4. The smallest absolute Gasteiger partial charge is 0.188 e. The summed E-state index contributed by atoms with van der Waals surface area (Å²) < 4.78 is 0. The number of thiazole rings is 1. The fourth-order valence-corrected chi connectivity index (χ4v) is 2.17. The van der Waals surface area contributed by atoms with Crippen LogP contribution in [0.2, 0.25) is 0 Å². The zero-order valence-electron chi connectivity index (χ0n) is 11.0. The van der Waals surface area contributed by atoms with Gasteiger partial charge in [-0.25, -0.2) is 15.0 Å². The molecule has 5 nitrogen and oxygen atoms in total. The monoisotopic (exact) mass is 263 g/mol. The zero-order chi connectivity index (χ0) is 13.1. The normalized spacial score (nSPS) is 12.4. The van der Waals surface area contributed by atoms with Gasteiger partial charge in [-0.1, -0.05) is 0 Å². The number of hydrogen-bond donors (Lipinski definition) is 2. The van der Waals surface area contributed by atoms with E-state index in [4.69, 9.17) is 0 Å². The molecule has 2 aromatic rings. The van der Waals surface area contributed by atoms with E-state index in [0.717, 1.165) is 22.5 Å². The van der Waals surface area contributed by atoms with Gasteiger partial charge < -0.3 is 10.6 Å². The first kappa shape index (κ1) is 12.9. The summed E-state index contributed by atoms with van der Waals surface area (Å²) in [5, 5.41) is 7.21. The molecule has 0 bridgehead atoms.